The van der Waals surface area contributed by atoms with E-state index < -0.39 is 23.8 Å². The van der Waals surface area contributed by atoms with Crippen molar-refractivity contribution in [1.82, 2.24) is 15.1 Å². The highest BCUT2D eigenvalue weighted by Gasteiger charge is 2.21. The summed E-state index contributed by atoms with van der Waals surface area (Å²) in [5.41, 5.74) is 0.975. The number of benzene rings is 1. The summed E-state index contributed by atoms with van der Waals surface area (Å²) in [7, 11) is 3.40. The molecule has 4 nitrogen and oxygen atoms in total. The number of aryl methyl sites for hydroxylation is 1. The van der Waals surface area contributed by atoms with Gasteiger partial charge in [0.05, 0.1) is 11.8 Å². The molecule has 20 heavy (non-hydrogen) atoms. The van der Waals surface area contributed by atoms with Crippen molar-refractivity contribution in [2.75, 3.05) is 7.05 Å². The van der Waals surface area contributed by atoms with Crippen LogP contribution in [0.15, 0.2) is 30.5 Å². The maximum absolute atomic E-state index is 13.8. The van der Waals surface area contributed by atoms with Crippen LogP contribution in [0.4, 0.5) is 8.78 Å². The van der Waals surface area contributed by atoms with Gasteiger partial charge in [-0.1, -0.05) is 6.07 Å². The van der Waals surface area contributed by atoms with E-state index in [0.29, 0.717) is 11.3 Å². The molecule has 108 valence electrons. The minimum Gasteiger partial charge on any atom is -0.387 e. The standard InChI is InChI=1S/C14H17F2N3O/c1-17-12(10-4-3-9(15)7-11(10)16)8-14(20)13-5-6-18-19(13)2/h3-7,12,14,17,20H,8H2,1-2H3. The average molecular weight is 281 g/mol. The first kappa shape index (κ1) is 14.6. The molecule has 0 spiro atoms. The first-order chi connectivity index (χ1) is 9.52. The fourth-order valence-electron chi connectivity index (χ4n) is 2.24. The highest BCUT2D eigenvalue weighted by Crippen LogP contribution is 2.27. The van der Waals surface area contributed by atoms with Gasteiger partial charge in [-0.2, -0.15) is 5.10 Å². The van der Waals surface area contributed by atoms with Gasteiger partial charge in [0, 0.05) is 30.9 Å². The van der Waals surface area contributed by atoms with E-state index in [1.54, 1.807) is 31.0 Å². The lowest BCUT2D eigenvalue weighted by atomic mass is 9.98. The molecule has 0 amide bonds. The Bertz CT molecular complexity index is 586. The summed E-state index contributed by atoms with van der Waals surface area (Å²) in [6, 6.07) is 4.73. The Hall–Kier alpha value is -1.79. The number of hydrogen-bond acceptors (Lipinski definition) is 3. The van der Waals surface area contributed by atoms with Gasteiger partial charge in [-0.25, -0.2) is 8.78 Å². The maximum Gasteiger partial charge on any atom is 0.130 e. The molecule has 0 fully saturated rings. The Morgan fingerprint density at radius 1 is 1.35 bits per heavy atom. The minimum absolute atomic E-state index is 0.262. The van der Waals surface area contributed by atoms with Crippen LogP contribution < -0.4 is 5.32 Å². The highest BCUT2D eigenvalue weighted by molar-refractivity contribution is 5.22. The molecule has 1 heterocycles. The second-order valence-electron chi connectivity index (χ2n) is 4.64. The van der Waals surface area contributed by atoms with E-state index in [9.17, 15) is 13.9 Å². The van der Waals surface area contributed by atoms with Gasteiger partial charge in [-0.15, -0.1) is 0 Å². The Morgan fingerprint density at radius 3 is 2.65 bits per heavy atom. The highest BCUT2D eigenvalue weighted by atomic mass is 19.1. The summed E-state index contributed by atoms with van der Waals surface area (Å²) in [5, 5.41) is 17.1. The number of nitrogens with zero attached hydrogens (tertiary/aromatic N) is 2. The minimum atomic E-state index is -0.788. The lowest BCUT2D eigenvalue weighted by Crippen LogP contribution is -2.21. The summed E-state index contributed by atoms with van der Waals surface area (Å²) < 4.78 is 28.3. The van der Waals surface area contributed by atoms with Crippen LogP contribution in [0.2, 0.25) is 0 Å². The van der Waals surface area contributed by atoms with Crippen LogP contribution in [-0.4, -0.2) is 21.9 Å². The van der Waals surface area contributed by atoms with Crippen molar-refractivity contribution >= 4 is 0 Å². The molecule has 2 atom stereocenters. The van der Waals surface area contributed by atoms with E-state index >= 15 is 0 Å². The van der Waals surface area contributed by atoms with E-state index in [4.69, 9.17) is 0 Å². The molecule has 0 bridgehead atoms. The Labute approximate surface area is 116 Å². The molecule has 0 aliphatic heterocycles. The molecule has 2 unspecified atom stereocenters. The largest absolute Gasteiger partial charge is 0.387 e. The van der Waals surface area contributed by atoms with Gasteiger partial charge in [0.1, 0.15) is 11.6 Å². The van der Waals surface area contributed by atoms with E-state index in [1.807, 2.05) is 0 Å². The zero-order valence-electron chi connectivity index (χ0n) is 11.3. The molecule has 2 aromatic rings. The first-order valence-corrected chi connectivity index (χ1v) is 6.31. The fraction of sp³-hybridized carbons (Fsp3) is 0.357. The predicted octanol–water partition coefficient (Wildman–Crippen LogP) is 2.08. The third-order valence-corrected chi connectivity index (χ3v) is 3.35. The monoisotopic (exact) mass is 281 g/mol. The fourth-order valence-corrected chi connectivity index (χ4v) is 2.24. The molecule has 0 saturated carbocycles. The summed E-state index contributed by atoms with van der Waals surface area (Å²) in [6.07, 6.45) is 1.06. The summed E-state index contributed by atoms with van der Waals surface area (Å²) in [6.45, 7) is 0. The van der Waals surface area contributed by atoms with E-state index in [-0.39, 0.29) is 6.42 Å². The number of aliphatic hydroxyl groups is 1. The Morgan fingerprint density at radius 2 is 2.10 bits per heavy atom. The SMILES string of the molecule is CNC(CC(O)c1ccnn1C)c1ccc(F)cc1F. The van der Waals surface area contributed by atoms with Gasteiger partial charge in [0.2, 0.25) is 0 Å². The molecular formula is C14H17F2N3O. The number of rotatable bonds is 5. The second-order valence-corrected chi connectivity index (χ2v) is 4.64. The number of nitrogens with one attached hydrogen (secondary N) is 1. The predicted molar refractivity (Wildman–Crippen MR) is 70.9 cm³/mol. The van der Waals surface area contributed by atoms with Crippen LogP contribution in [-0.2, 0) is 7.05 Å². The number of aliphatic hydroxyl groups excluding tert-OH is 1. The van der Waals surface area contributed by atoms with Crippen LogP contribution >= 0.6 is 0 Å². The Kier molecular flexibility index (Phi) is 4.46. The molecule has 1 aromatic heterocycles. The first-order valence-electron chi connectivity index (χ1n) is 6.31. The normalized spacial score (nSPS) is 14.2. The van der Waals surface area contributed by atoms with E-state index in [1.165, 1.54) is 12.1 Å². The van der Waals surface area contributed by atoms with Crippen molar-refractivity contribution in [2.45, 2.75) is 18.6 Å². The maximum atomic E-state index is 13.8. The smallest absolute Gasteiger partial charge is 0.130 e. The molecular weight excluding hydrogens is 264 g/mol. The Balaban J connectivity index is 2.19. The van der Waals surface area contributed by atoms with Crippen molar-refractivity contribution in [3.63, 3.8) is 0 Å². The van der Waals surface area contributed by atoms with Crippen LogP contribution in [0, 0.1) is 11.6 Å². The van der Waals surface area contributed by atoms with Crippen molar-refractivity contribution in [2.24, 2.45) is 7.05 Å². The second kappa shape index (κ2) is 6.11. The molecule has 2 rings (SSSR count). The zero-order chi connectivity index (χ0) is 14.7. The van der Waals surface area contributed by atoms with Crippen molar-refractivity contribution in [1.29, 1.82) is 0 Å². The lowest BCUT2D eigenvalue weighted by molar-refractivity contribution is 0.143. The molecule has 0 radical (unpaired) electrons. The zero-order valence-corrected chi connectivity index (χ0v) is 11.3. The van der Waals surface area contributed by atoms with Gasteiger partial charge in [-0.05, 0) is 25.6 Å². The van der Waals surface area contributed by atoms with Crippen molar-refractivity contribution in [3.8, 4) is 0 Å². The third kappa shape index (κ3) is 3.02. The molecule has 1 aromatic carbocycles. The quantitative estimate of drug-likeness (QED) is 0.882. The summed E-state index contributed by atoms with van der Waals surface area (Å²) in [5.74, 6) is -1.24. The topological polar surface area (TPSA) is 50.1 Å². The van der Waals surface area contributed by atoms with Gasteiger partial charge in [0.15, 0.2) is 0 Å². The van der Waals surface area contributed by atoms with Gasteiger partial charge >= 0.3 is 0 Å². The van der Waals surface area contributed by atoms with Gasteiger partial charge < -0.3 is 10.4 Å². The van der Waals surface area contributed by atoms with Crippen LogP contribution in [0.3, 0.4) is 0 Å². The molecule has 2 N–H and O–H groups in total. The van der Waals surface area contributed by atoms with E-state index in [2.05, 4.69) is 10.4 Å². The molecule has 0 saturated heterocycles. The van der Waals surface area contributed by atoms with Gasteiger partial charge in [-0.3, -0.25) is 4.68 Å². The number of aromatic nitrogens is 2. The van der Waals surface area contributed by atoms with E-state index in [0.717, 1.165) is 6.07 Å². The third-order valence-electron chi connectivity index (χ3n) is 3.35. The molecule has 6 heteroatoms. The van der Waals surface area contributed by atoms with Crippen molar-refractivity contribution in [3.05, 3.63) is 53.4 Å². The van der Waals surface area contributed by atoms with Crippen molar-refractivity contribution < 1.29 is 13.9 Å². The number of halogens is 2. The average Bonchev–Trinajstić information content (AvgIpc) is 2.83. The lowest BCUT2D eigenvalue weighted by Gasteiger charge is -2.21. The summed E-state index contributed by atoms with van der Waals surface area (Å²) in [4.78, 5) is 0. The van der Waals surface area contributed by atoms with Crippen LogP contribution in [0.25, 0.3) is 0 Å². The summed E-state index contributed by atoms with van der Waals surface area (Å²) >= 11 is 0. The molecule has 0 aliphatic rings. The van der Waals surface area contributed by atoms with Crippen LogP contribution in [0.1, 0.15) is 29.8 Å². The number of hydrogen-bond donors (Lipinski definition) is 2. The van der Waals surface area contributed by atoms with Gasteiger partial charge in [0.25, 0.3) is 0 Å². The molecule has 0 aliphatic carbocycles. The van der Waals surface area contributed by atoms with Crippen LogP contribution in [0.5, 0.6) is 0 Å².